The van der Waals surface area contributed by atoms with Crippen molar-refractivity contribution >= 4 is 22.6 Å². The Morgan fingerprint density at radius 1 is 1.17 bits per heavy atom. The van der Waals surface area contributed by atoms with E-state index >= 15 is 0 Å². The van der Waals surface area contributed by atoms with Crippen molar-refractivity contribution in [1.29, 1.82) is 0 Å². The van der Waals surface area contributed by atoms with Gasteiger partial charge in [-0.1, -0.05) is 25.5 Å². The number of methoxy groups -OCH3 is 1. The maximum atomic E-state index is 12.7. The second kappa shape index (κ2) is 8.09. The number of hydrogen-bond donors (Lipinski definition) is 2. The summed E-state index contributed by atoms with van der Waals surface area (Å²) in [7, 11) is 1.58. The summed E-state index contributed by atoms with van der Waals surface area (Å²) in [5.74, 6) is 0.149. The molecule has 2 aromatic carbocycles. The Hall–Kier alpha value is -3.12. The molecule has 3 N–H and O–H groups in total. The van der Waals surface area contributed by atoms with E-state index in [4.69, 9.17) is 14.9 Å². The fourth-order valence-corrected chi connectivity index (χ4v) is 3.24. The maximum absolute atomic E-state index is 12.7. The van der Waals surface area contributed by atoms with Gasteiger partial charge in [-0.2, -0.15) is 0 Å². The molecule has 1 amide bonds. The first kappa shape index (κ1) is 20.6. The molecule has 6 nitrogen and oxygen atoms in total. The van der Waals surface area contributed by atoms with Crippen LogP contribution in [0.1, 0.15) is 48.7 Å². The third kappa shape index (κ3) is 4.32. The molecular weight excluding hydrogens is 368 g/mol. The second-order valence-electron chi connectivity index (χ2n) is 7.62. The molecule has 0 atom stereocenters. The van der Waals surface area contributed by atoms with Crippen LogP contribution in [0.2, 0.25) is 0 Å². The van der Waals surface area contributed by atoms with Gasteiger partial charge in [-0.25, -0.2) is 4.79 Å². The van der Waals surface area contributed by atoms with Crippen molar-refractivity contribution in [3.8, 4) is 5.75 Å². The normalized spacial score (nSPS) is 11.5. The Bertz CT molecular complexity index is 1090. The van der Waals surface area contributed by atoms with Gasteiger partial charge >= 0.3 is 5.63 Å². The average molecular weight is 394 g/mol. The maximum Gasteiger partial charge on any atom is 0.349 e. The smallest absolute Gasteiger partial charge is 0.349 e. The summed E-state index contributed by atoms with van der Waals surface area (Å²) >= 11 is 0. The number of nitrogens with one attached hydrogen (secondary N) is 1. The van der Waals surface area contributed by atoms with E-state index in [0.717, 1.165) is 17.5 Å². The van der Waals surface area contributed by atoms with Crippen LogP contribution in [0.5, 0.6) is 5.75 Å². The zero-order valence-corrected chi connectivity index (χ0v) is 17.2. The van der Waals surface area contributed by atoms with Crippen molar-refractivity contribution in [2.24, 2.45) is 5.73 Å². The lowest BCUT2D eigenvalue weighted by molar-refractivity contribution is 0.102. The summed E-state index contributed by atoms with van der Waals surface area (Å²) in [4.78, 5) is 25.2. The van der Waals surface area contributed by atoms with Crippen molar-refractivity contribution in [3.05, 3.63) is 69.6 Å². The van der Waals surface area contributed by atoms with Crippen molar-refractivity contribution < 1.29 is 13.9 Å². The standard InChI is InChI=1S/C23H26N2O4/c1-5-6-17-19(28-4)12-7-14-13-18(22(27)29-20(14)17)21(26)25-16-10-8-15(9-11-16)23(2,3)24/h7-13H,5-6,24H2,1-4H3,(H,25,26). The lowest BCUT2D eigenvalue weighted by Gasteiger charge is -2.19. The highest BCUT2D eigenvalue weighted by Gasteiger charge is 2.18. The highest BCUT2D eigenvalue weighted by Crippen LogP contribution is 2.29. The van der Waals surface area contributed by atoms with Gasteiger partial charge in [-0.3, -0.25) is 4.79 Å². The summed E-state index contributed by atoms with van der Waals surface area (Å²) in [5, 5.41) is 3.42. The highest BCUT2D eigenvalue weighted by atomic mass is 16.5. The van der Waals surface area contributed by atoms with E-state index in [1.54, 1.807) is 31.4 Å². The lowest BCUT2D eigenvalue weighted by atomic mass is 9.95. The van der Waals surface area contributed by atoms with E-state index in [-0.39, 0.29) is 5.56 Å². The second-order valence-corrected chi connectivity index (χ2v) is 7.62. The van der Waals surface area contributed by atoms with E-state index in [2.05, 4.69) is 5.32 Å². The molecule has 0 radical (unpaired) electrons. The first-order valence-corrected chi connectivity index (χ1v) is 9.59. The zero-order valence-electron chi connectivity index (χ0n) is 17.2. The van der Waals surface area contributed by atoms with Gasteiger partial charge in [-0.15, -0.1) is 0 Å². The Morgan fingerprint density at radius 2 is 1.86 bits per heavy atom. The molecule has 0 aliphatic carbocycles. The molecule has 0 saturated carbocycles. The number of carbonyl (C=O) groups excluding carboxylic acids is 1. The van der Waals surface area contributed by atoms with Gasteiger partial charge < -0.3 is 20.2 Å². The molecule has 0 fully saturated rings. The van der Waals surface area contributed by atoms with E-state index in [1.807, 2.05) is 39.0 Å². The minimum Gasteiger partial charge on any atom is -0.496 e. The number of nitrogens with two attached hydrogens (primary N) is 1. The largest absolute Gasteiger partial charge is 0.496 e. The minimum atomic E-state index is -0.680. The number of anilines is 1. The van der Waals surface area contributed by atoms with Gasteiger partial charge in [0.05, 0.1) is 7.11 Å². The summed E-state index contributed by atoms with van der Waals surface area (Å²) in [6.07, 6.45) is 1.58. The predicted molar refractivity (Wildman–Crippen MR) is 115 cm³/mol. The molecule has 1 heterocycles. The van der Waals surface area contributed by atoms with Crippen LogP contribution in [-0.4, -0.2) is 13.0 Å². The average Bonchev–Trinajstić information content (AvgIpc) is 2.68. The van der Waals surface area contributed by atoms with Crippen LogP contribution in [0.15, 0.2) is 51.7 Å². The number of rotatable bonds is 6. The number of ether oxygens (including phenoxy) is 1. The van der Waals surface area contributed by atoms with Gasteiger partial charge in [0, 0.05) is 22.2 Å². The van der Waals surface area contributed by atoms with Gasteiger partial charge in [-0.05, 0) is 56.2 Å². The van der Waals surface area contributed by atoms with Crippen LogP contribution >= 0.6 is 0 Å². The van der Waals surface area contributed by atoms with E-state index < -0.39 is 17.1 Å². The van der Waals surface area contributed by atoms with Crippen LogP contribution in [-0.2, 0) is 12.0 Å². The first-order chi connectivity index (χ1) is 13.7. The molecule has 0 aliphatic heterocycles. The quantitative estimate of drug-likeness (QED) is 0.611. The number of hydrogen-bond acceptors (Lipinski definition) is 5. The zero-order chi connectivity index (χ0) is 21.2. The molecule has 152 valence electrons. The molecule has 1 aromatic heterocycles. The monoisotopic (exact) mass is 394 g/mol. The van der Waals surface area contributed by atoms with E-state index in [1.165, 1.54) is 0 Å². The van der Waals surface area contributed by atoms with Gasteiger partial charge in [0.1, 0.15) is 16.9 Å². The lowest BCUT2D eigenvalue weighted by Crippen LogP contribution is -2.28. The topological polar surface area (TPSA) is 94.6 Å². The molecular formula is C23H26N2O4. The summed E-state index contributed by atoms with van der Waals surface area (Å²) in [6, 6.07) is 12.4. The predicted octanol–water partition coefficient (Wildman–Crippen LogP) is 4.20. The van der Waals surface area contributed by atoms with Gasteiger partial charge in [0.25, 0.3) is 5.91 Å². The molecule has 3 rings (SSSR count). The minimum absolute atomic E-state index is 0.0478. The highest BCUT2D eigenvalue weighted by molar-refractivity contribution is 6.05. The fourth-order valence-electron chi connectivity index (χ4n) is 3.24. The number of benzene rings is 2. The number of aryl methyl sites for hydroxylation is 1. The number of fused-ring (bicyclic) bond motifs is 1. The molecule has 29 heavy (non-hydrogen) atoms. The van der Waals surface area contributed by atoms with Crippen molar-refractivity contribution in [1.82, 2.24) is 0 Å². The number of carbonyl (C=O) groups is 1. The molecule has 0 unspecified atom stereocenters. The Morgan fingerprint density at radius 3 is 2.45 bits per heavy atom. The fraction of sp³-hybridized carbons (Fsp3) is 0.304. The Kier molecular flexibility index (Phi) is 5.75. The van der Waals surface area contributed by atoms with Crippen LogP contribution in [0.4, 0.5) is 5.69 Å². The van der Waals surface area contributed by atoms with Crippen LogP contribution < -0.4 is 21.4 Å². The van der Waals surface area contributed by atoms with E-state index in [9.17, 15) is 9.59 Å². The van der Waals surface area contributed by atoms with Gasteiger partial charge in [0.15, 0.2) is 0 Å². The Labute approximate surface area is 169 Å². The molecule has 0 saturated heterocycles. The summed E-state index contributed by atoms with van der Waals surface area (Å²) < 4.78 is 10.9. The first-order valence-electron chi connectivity index (χ1n) is 9.59. The summed E-state index contributed by atoms with van der Waals surface area (Å²) in [5.41, 5.74) is 7.68. The number of amides is 1. The molecule has 0 aliphatic rings. The van der Waals surface area contributed by atoms with Crippen LogP contribution in [0.25, 0.3) is 11.0 Å². The van der Waals surface area contributed by atoms with Crippen molar-refractivity contribution in [2.45, 2.75) is 39.2 Å². The van der Waals surface area contributed by atoms with Gasteiger partial charge in [0.2, 0.25) is 0 Å². The third-order valence-electron chi connectivity index (χ3n) is 4.81. The van der Waals surface area contributed by atoms with Crippen LogP contribution in [0, 0.1) is 0 Å². The summed E-state index contributed by atoms with van der Waals surface area (Å²) in [6.45, 7) is 5.85. The Balaban J connectivity index is 1.94. The SMILES string of the molecule is CCCc1c(OC)ccc2cc(C(=O)Nc3ccc(C(C)(C)N)cc3)c(=O)oc12. The molecule has 0 spiro atoms. The van der Waals surface area contributed by atoms with Crippen LogP contribution in [0.3, 0.4) is 0 Å². The molecule has 0 bridgehead atoms. The molecule has 6 heteroatoms. The van der Waals surface area contributed by atoms with Crippen molar-refractivity contribution in [2.75, 3.05) is 12.4 Å². The van der Waals surface area contributed by atoms with Crippen molar-refractivity contribution in [3.63, 3.8) is 0 Å². The molecule has 3 aromatic rings. The van der Waals surface area contributed by atoms with E-state index in [0.29, 0.717) is 28.8 Å². The third-order valence-corrected chi connectivity index (χ3v) is 4.81.